The lowest BCUT2D eigenvalue weighted by atomic mass is 10.1. The third-order valence-electron chi connectivity index (χ3n) is 3.95. The first-order valence-corrected chi connectivity index (χ1v) is 10.1. The van der Waals surface area contributed by atoms with Crippen LogP contribution in [-0.2, 0) is 14.6 Å². The van der Waals surface area contributed by atoms with Gasteiger partial charge in [-0.3, -0.25) is 0 Å². The van der Waals surface area contributed by atoms with E-state index in [1.807, 2.05) is 30.3 Å². The summed E-state index contributed by atoms with van der Waals surface area (Å²) in [6.45, 7) is 3.31. The van der Waals surface area contributed by atoms with Crippen LogP contribution in [0.4, 0.5) is 0 Å². The predicted octanol–water partition coefficient (Wildman–Crippen LogP) is 3.37. The minimum atomic E-state index is -3.43. The van der Waals surface area contributed by atoms with Gasteiger partial charge in [0.15, 0.2) is 15.9 Å². The van der Waals surface area contributed by atoms with Crippen molar-refractivity contribution in [3.8, 4) is 11.5 Å². The van der Waals surface area contributed by atoms with Gasteiger partial charge in [0, 0.05) is 11.8 Å². The van der Waals surface area contributed by atoms with Crippen molar-refractivity contribution in [1.29, 1.82) is 0 Å². The van der Waals surface area contributed by atoms with Gasteiger partial charge < -0.3 is 9.15 Å². The lowest BCUT2D eigenvalue weighted by Crippen LogP contribution is -2.12. The van der Waals surface area contributed by atoms with E-state index in [9.17, 15) is 13.2 Å². The van der Waals surface area contributed by atoms with E-state index in [0.717, 1.165) is 11.8 Å². The van der Waals surface area contributed by atoms with Crippen molar-refractivity contribution in [3.05, 3.63) is 65.5 Å². The van der Waals surface area contributed by atoms with Crippen molar-refractivity contribution >= 4 is 15.8 Å². The van der Waals surface area contributed by atoms with Crippen LogP contribution in [0.3, 0.4) is 0 Å². The molecule has 0 saturated heterocycles. The van der Waals surface area contributed by atoms with E-state index in [-0.39, 0.29) is 16.3 Å². The molecule has 0 aliphatic heterocycles. The quantitative estimate of drug-likeness (QED) is 0.620. The number of sulfone groups is 1. The maximum Gasteiger partial charge on any atom is 0.339 e. The highest BCUT2D eigenvalue weighted by atomic mass is 32.2. The second kappa shape index (κ2) is 7.32. The number of ether oxygens (including phenoxy) is 1. The van der Waals surface area contributed by atoms with E-state index in [1.54, 1.807) is 19.9 Å². The molecule has 0 spiro atoms. The van der Waals surface area contributed by atoms with Crippen molar-refractivity contribution in [3.63, 3.8) is 0 Å². The molecule has 0 radical (unpaired) electrons. The van der Waals surface area contributed by atoms with Crippen LogP contribution >= 0.6 is 0 Å². The molecule has 0 bridgehead atoms. The molecule has 1 heterocycles. The Hall–Kier alpha value is -3.00. The fourth-order valence-electron chi connectivity index (χ4n) is 2.42. The number of benzene rings is 2. The maximum absolute atomic E-state index is 12.5. The highest BCUT2D eigenvalue weighted by Gasteiger charge is 2.22. The highest BCUT2D eigenvalue weighted by molar-refractivity contribution is 7.90. The van der Waals surface area contributed by atoms with Crippen molar-refractivity contribution in [2.45, 2.75) is 24.8 Å². The van der Waals surface area contributed by atoms with Crippen LogP contribution in [0.25, 0.3) is 11.5 Å². The lowest BCUT2D eigenvalue weighted by Gasteiger charge is -2.12. The molecule has 140 valence electrons. The van der Waals surface area contributed by atoms with Gasteiger partial charge >= 0.3 is 5.97 Å². The van der Waals surface area contributed by atoms with Crippen molar-refractivity contribution in [1.82, 2.24) is 10.2 Å². The van der Waals surface area contributed by atoms with Crippen molar-refractivity contribution < 1.29 is 22.4 Å². The minimum Gasteiger partial charge on any atom is -0.449 e. The van der Waals surface area contributed by atoms with Gasteiger partial charge in [-0.05, 0) is 43.7 Å². The summed E-state index contributed by atoms with van der Waals surface area (Å²) in [6.07, 6.45) is 0.294. The zero-order valence-electron chi connectivity index (χ0n) is 15.0. The Morgan fingerprint density at radius 2 is 1.81 bits per heavy atom. The second-order valence-corrected chi connectivity index (χ2v) is 8.12. The summed E-state index contributed by atoms with van der Waals surface area (Å²) < 4.78 is 34.4. The molecule has 3 aromatic rings. The smallest absolute Gasteiger partial charge is 0.339 e. The Labute approximate surface area is 156 Å². The van der Waals surface area contributed by atoms with Crippen LogP contribution in [0, 0.1) is 6.92 Å². The fraction of sp³-hybridized carbons (Fsp3) is 0.211. The Morgan fingerprint density at radius 3 is 2.48 bits per heavy atom. The summed E-state index contributed by atoms with van der Waals surface area (Å²) >= 11 is 0. The van der Waals surface area contributed by atoms with Crippen LogP contribution in [0.2, 0.25) is 0 Å². The predicted molar refractivity (Wildman–Crippen MR) is 97.9 cm³/mol. The average molecular weight is 386 g/mol. The summed E-state index contributed by atoms with van der Waals surface area (Å²) in [4.78, 5) is 12.6. The third kappa shape index (κ3) is 4.22. The normalized spacial score (nSPS) is 12.6. The Kier molecular flexibility index (Phi) is 5.09. The first-order chi connectivity index (χ1) is 12.8. The molecule has 8 heteroatoms. The lowest BCUT2D eigenvalue weighted by molar-refractivity contribution is 0.0278. The SMILES string of the molecule is Cc1ccc(S(C)(=O)=O)cc1C(=O)OC(C)c1nnc(-c2ccccc2)o1. The minimum absolute atomic E-state index is 0.0526. The molecule has 2 aromatic carbocycles. The Balaban J connectivity index is 1.80. The monoisotopic (exact) mass is 386 g/mol. The van der Waals surface area contributed by atoms with E-state index >= 15 is 0 Å². The molecule has 0 N–H and O–H groups in total. The van der Waals surface area contributed by atoms with Crippen LogP contribution in [0.5, 0.6) is 0 Å². The van der Waals surface area contributed by atoms with Crippen LogP contribution < -0.4 is 0 Å². The number of hydrogen-bond donors (Lipinski definition) is 0. The third-order valence-corrected chi connectivity index (χ3v) is 5.06. The van der Waals surface area contributed by atoms with E-state index in [1.165, 1.54) is 12.1 Å². The number of rotatable bonds is 5. The second-order valence-electron chi connectivity index (χ2n) is 6.11. The number of aryl methyl sites for hydroxylation is 1. The van der Waals surface area contributed by atoms with Gasteiger partial charge in [0.25, 0.3) is 5.89 Å². The van der Waals surface area contributed by atoms with Gasteiger partial charge in [0.2, 0.25) is 5.89 Å². The first kappa shape index (κ1) is 18.8. The molecule has 0 aliphatic rings. The number of hydrogen-bond acceptors (Lipinski definition) is 7. The van der Waals surface area contributed by atoms with E-state index in [2.05, 4.69) is 10.2 Å². The van der Waals surface area contributed by atoms with Crippen LogP contribution in [0.1, 0.15) is 34.8 Å². The number of esters is 1. The summed E-state index contributed by atoms with van der Waals surface area (Å²) in [7, 11) is -3.43. The summed E-state index contributed by atoms with van der Waals surface area (Å²) in [6, 6.07) is 13.6. The Morgan fingerprint density at radius 1 is 1.11 bits per heavy atom. The fourth-order valence-corrected chi connectivity index (χ4v) is 3.07. The van der Waals surface area contributed by atoms with E-state index in [4.69, 9.17) is 9.15 Å². The summed E-state index contributed by atoms with van der Waals surface area (Å²) in [5.41, 5.74) is 1.54. The first-order valence-electron chi connectivity index (χ1n) is 8.16. The molecule has 1 aromatic heterocycles. The number of carbonyl (C=O) groups excluding carboxylic acids is 1. The topological polar surface area (TPSA) is 99.4 Å². The number of carbonyl (C=O) groups is 1. The Bertz CT molecular complexity index is 1070. The zero-order valence-corrected chi connectivity index (χ0v) is 15.9. The van der Waals surface area contributed by atoms with E-state index in [0.29, 0.717) is 11.5 Å². The number of nitrogens with zero attached hydrogens (tertiary/aromatic N) is 2. The van der Waals surface area contributed by atoms with Crippen LogP contribution in [-0.4, -0.2) is 30.8 Å². The van der Waals surface area contributed by atoms with Gasteiger partial charge in [-0.2, -0.15) is 0 Å². The van der Waals surface area contributed by atoms with Gasteiger partial charge in [0.1, 0.15) is 0 Å². The molecule has 27 heavy (non-hydrogen) atoms. The molecule has 0 saturated carbocycles. The molecule has 0 amide bonds. The largest absolute Gasteiger partial charge is 0.449 e. The van der Waals surface area contributed by atoms with Gasteiger partial charge in [-0.15, -0.1) is 10.2 Å². The molecule has 7 nitrogen and oxygen atoms in total. The molecular formula is C19H18N2O5S. The molecule has 1 unspecified atom stereocenters. The number of aromatic nitrogens is 2. The van der Waals surface area contributed by atoms with Gasteiger partial charge in [-0.25, -0.2) is 13.2 Å². The standard InChI is InChI=1S/C19H18N2O5S/c1-12-9-10-15(27(3,23)24)11-16(12)19(22)25-13(2)17-20-21-18(26-17)14-7-5-4-6-8-14/h4-11,13H,1-3H3. The maximum atomic E-state index is 12.5. The van der Waals surface area contributed by atoms with Crippen LogP contribution in [0.15, 0.2) is 57.8 Å². The van der Waals surface area contributed by atoms with Gasteiger partial charge in [0.05, 0.1) is 10.5 Å². The molecular weight excluding hydrogens is 368 g/mol. The van der Waals surface area contributed by atoms with Crippen molar-refractivity contribution in [2.24, 2.45) is 0 Å². The van der Waals surface area contributed by atoms with E-state index < -0.39 is 21.9 Å². The highest BCUT2D eigenvalue weighted by Crippen LogP contribution is 2.24. The summed E-state index contributed by atoms with van der Waals surface area (Å²) in [5, 5.41) is 7.89. The molecule has 1 atom stereocenters. The molecule has 0 aliphatic carbocycles. The average Bonchev–Trinajstić information content (AvgIpc) is 3.12. The zero-order chi connectivity index (χ0) is 19.6. The molecule has 0 fully saturated rings. The van der Waals surface area contributed by atoms with Gasteiger partial charge in [-0.1, -0.05) is 24.3 Å². The summed E-state index contributed by atoms with van der Waals surface area (Å²) in [5.74, 6) is -0.187. The molecule has 3 rings (SSSR count). The van der Waals surface area contributed by atoms with Crippen molar-refractivity contribution in [2.75, 3.05) is 6.26 Å².